The maximum absolute atomic E-state index is 6.27. The first-order valence-electron chi connectivity index (χ1n) is 7.75. The summed E-state index contributed by atoms with van der Waals surface area (Å²) in [5.74, 6) is 0. The molecule has 1 aromatic heterocycles. The molecule has 0 unspecified atom stereocenters. The quantitative estimate of drug-likeness (QED) is 0.615. The molecule has 3 aromatic rings. The molecular formula is C18H18BClO3. The van der Waals surface area contributed by atoms with Crippen LogP contribution in [0.2, 0.25) is 5.02 Å². The van der Waals surface area contributed by atoms with E-state index in [0.717, 1.165) is 21.8 Å². The highest BCUT2D eigenvalue weighted by molar-refractivity contribution is 6.65. The second-order valence-electron chi connectivity index (χ2n) is 7.03. The number of para-hydroxylation sites is 2. The number of benzene rings is 2. The summed E-state index contributed by atoms with van der Waals surface area (Å²) >= 11 is 6.27. The summed E-state index contributed by atoms with van der Waals surface area (Å²) < 4.78 is 18.4. The maximum atomic E-state index is 6.27. The first-order chi connectivity index (χ1) is 10.8. The molecular weight excluding hydrogens is 310 g/mol. The van der Waals surface area contributed by atoms with E-state index < -0.39 is 7.12 Å². The molecule has 3 nitrogen and oxygen atoms in total. The van der Waals surface area contributed by atoms with E-state index in [1.807, 2.05) is 64.1 Å². The zero-order chi connectivity index (χ0) is 16.4. The molecule has 1 saturated heterocycles. The van der Waals surface area contributed by atoms with E-state index in [1.165, 1.54) is 0 Å². The minimum absolute atomic E-state index is 0.385. The van der Waals surface area contributed by atoms with E-state index in [2.05, 4.69) is 0 Å². The molecule has 0 spiro atoms. The lowest BCUT2D eigenvalue weighted by atomic mass is 9.78. The van der Waals surface area contributed by atoms with Gasteiger partial charge in [0.2, 0.25) is 0 Å². The van der Waals surface area contributed by atoms with Crippen LogP contribution in [0.15, 0.2) is 40.8 Å². The highest BCUT2D eigenvalue weighted by Gasteiger charge is 2.52. The third-order valence-corrected chi connectivity index (χ3v) is 5.31. The minimum atomic E-state index is -0.456. The number of furan rings is 1. The summed E-state index contributed by atoms with van der Waals surface area (Å²) in [7, 11) is -0.456. The fourth-order valence-electron chi connectivity index (χ4n) is 2.96. The molecule has 23 heavy (non-hydrogen) atoms. The van der Waals surface area contributed by atoms with Crippen LogP contribution in [0.25, 0.3) is 21.9 Å². The van der Waals surface area contributed by atoms with Gasteiger partial charge in [-0.1, -0.05) is 41.9 Å². The Morgan fingerprint density at radius 1 is 0.826 bits per heavy atom. The number of hydrogen-bond donors (Lipinski definition) is 0. The normalized spacial score (nSPS) is 19.8. The summed E-state index contributed by atoms with van der Waals surface area (Å²) in [5.41, 5.74) is 1.60. The third kappa shape index (κ3) is 2.13. The molecule has 2 aromatic carbocycles. The van der Waals surface area contributed by atoms with Crippen LogP contribution in [-0.4, -0.2) is 18.3 Å². The first-order valence-corrected chi connectivity index (χ1v) is 8.13. The van der Waals surface area contributed by atoms with Crippen LogP contribution in [0, 0.1) is 0 Å². The first kappa shape index (κ1) is 15.1. The Balaban J connectivity index is 1.92. The van der Waals surface area contributed by atoms with E-state index in [1.54, 1.807) is 0 Å². The highest BCUT2D eigenvalue weighted by Crippen LogP contribution is 2.38. The Morgan fingerprint density at radius 2 is 1.39 bits per heavy atom. The van der Waals surface area contributed by atoms with Gasteiger partial charge in [-0.15, -0.1) is 0 Å². The average Bonchev–Trinajstić information content (AvgIpc) is 2.95. The second-order valence-corrected chi connectivity index (χ2v) is 7.44. The predicted molar refractivity (Wildman–Crippen MR) is 94.4 cm³/mol. The van der Waals surface area contributed by atoms with Crippen molar-refractivity contribution in [2.24, 2.45) is 0 Å². The molecule has 1 aliphatic heterocycles. The van der Waals surface area contributed by atoms with Crippen LogP contribution in [0.1, 0.15) is 27.7 Å². The monoisotopic (exact) mass is 328 g/mol. The van der Waals surface area contributed by atoms with Crippen LogP contribution in [0.5, 0.6) is 0 Å². The van der Waals surface area contributed by atoms with Crippen LogP contribution >= 0.6 is 11.6 Å². The molecule has 1 aliphatic rings. The molecule has 0 radical (unpaired) electrons. The molecule has 5 heteroatoms. The summed E-state index contributed by atoms with van der Waals surface area (Å²) in [6, 6.07) is 11.8. The Kier molecular flexibility index (Phi) is 3.12. The highest BCUT2D eigenvalue weighted by atomic mass is 35.5. The lowest BCUT2D eigenvalue weighted by Gasteiger charge is -2.32. The minimum Gasteiger partial charge on any atom is -0.455 e. The van der Waals surface area contributed by atoms with E-state index in [4.69, 9.17) is 25.3 Å². The van der Waals surface area contributed by atoms with Crippen molar-refractivity contribution in [1.82, 2.24) is 0 Å². The Bertz CT molecular complexity index is 897. The van der Waals surface area contributed by atoms with E-state index in [-0.39, 0.29) is 11.2 Å². The molecule has 0 aliphatic carbocycles. The lowest BCUT2D eigenvalue weighted by molar-refractivity contribution is 0.00578. The van der Waals surface area contributed by atoms with Crippen molar-refractivity contribution in [1.29, 1.82) is 0 Å². The summed E-state index contributed by atoms with van der Waals surface area (Å²) in [6.45, 7) is 8.18. The molecule has 0 bridgehead atoms. The van der Waals surface area contributed by atoms with Crippen molar-refractivity contribution in [3.8, 4) is 0 Å². The molecule has 1 fully saturated rings. The van der Waals surface area contributed by atoms with Gasteiger partial charge in [-0.25, -0.2) is 0 Å². The van der Waals surface area contributed by atoms with Gasteiger partial charge in [-0.2, -0.15) is 0 Å². The van der Waals surface area contributed by atoms with Gasteiger partial charge in [0.05, 0.1) is 16.2 Å². The van der Waals surface area contributed by atoms with Gasteiger partial charge in [-0.05, 0) is 33.8 Å². The van der Waals surface area contributed by atoms with Crippen molar-refractivity contribution in [3.63, 3.8) is 0 Å². The predicted octanol–water partition coefficient (Wildman–Crippen LogP) is 4.54. The van der Waals surface area contributed by atoms with Gasteiger partial charge in [-0.3, -0.25) is 0 Å². The van der Waals surface area contributed by atoms with Gasteiger partial charge >= 0.3 is 7.12 Å². The molecule has 0 saturated carbocycles. The van der Waals surface area contributed by atoms with Crippen molar-refractivity contribution < 1.29 is 13.7 Å². The van der Waals surface area contributed by atoms with Crippen LogP contribution in [0.4, 0.5) is 0 Å². The van der Waals surface area contributed by atoms with Gasteiger partial charge < -0.3 is 13.7 Å². The van der Waals surface area contributed by atoms with Gasteiger partial charge in [0, 0.05) is 16.2 Å². The molecule has 118 valence electrons. The fourth-order valence-corrected chi connectivity index (χ4v) is 3.18. The zero-order valence-corrected chi connectivity index (χ0v) is 14.4. The van der Waals surface area contributed by atoms with Crippen molar-refractivity contribution in [2.45, 2.75) is 38.9 Å². The van der Waals surface area contributed by atoms with Crippen molar-refractivity contribution >= 4 is 46.1 Å². The van der Waals surface area contributed by atoms with Gasteiger partial charge in [0.25, 0.3) is 0 Å². The topological polar surface area (TPSA) is 31.6 Å². The lowest BCUT2D eigenvalue weighted by Crippen LogP contribution is -2.41. The number of hydrogen-bond acceptors (Lipinski definition) is 3. The van der Waals surface area contributed by atoms with Crippen LogP contribution in [-0.2, 0) is 9.31 Å². The standard InChI is InChI=1S/C18H18BClO3/c1-17(2)18(3,4)23-19(22-17)13-9-5-7-11-12-8-6-10-14(20)16(12)21-15(11)13/h5-10H,1-4H3. The molecule has 0 atom stereocenters. The van der Waals surface area contributed by atoms with Crippen LogP contribution in [0.3, 0.4) is 0 Å². The number of fused-ring (bicyclic) bond motifs is 3. The molecule has 4 rings (SSSR count). The van der Waals surface area contributed by atoms with E-state index in [0.29, 0.717) is 10.6 Å². The Labute approximate surface area is 140 Å². The number of rotatable bonds is 1. The maximum Gasteiger partial charge on any atom is 0.498 e. The fraction of sp³-hybridized carbons (Fsp3) is 0.333. The largest absolute Gasteiger partial charge is 0.498 e. The van der Waals surface area contributed by atoms with E-state index in [9.17, 15) is 0 Å². The van der Waals surface area contributed by atoms with Gasteiger partial charge in [0.1, 0.15) is 5.58 Å². The average molecular weight is 329 g/mol. The third-order valence-electron chi connectivity index (χ3n) is 5.01. The second kappa shape index (κ2) is 4.76. The van der Waals surface area contributed by atoms with Crippen molar-refractivity contribution in [2.75, 3.05) is 0 Å². The number of halogens is 1. The van der Waals surface area contributed by atoms with Gasteiger partial charge in [0.15, 0.2) is 5.58 Å². The summed E-state index contributed by atoms with van der Waals surface area (Å²) in [6.07, 6.45) is 0. The zero-order valence-electron chi connectivity index (χ0n) is 13.6. The summed E-state index contributed by atoms with van der Waals surface area (Å²) in [5, 5.41) is 2.64. The van der Waals surface area contributed by atoms with Crippen LogP contribution < -0.4 is 5.46 Å². The SMILES string of the molecule is CC1(C)OB(c2cccc3c2oc2c(Cl)cccc23)OC1(C)C. The smallest absolute Gasteiger partial charge is 0.455 e. The summed E-state index contributed by atoms with van der Waals surface area (Å²) in [4.78, 5) is 0. The Hall–Kier alpha value is -1.49. The van der Waals surface area contributed by atoms with E-state index >= 15 is 0 Å². The molecule has 0 amide bonds. The molecule has 2 heterocycles. The molecule has 0 N–H and O–H groups in total. The Morgan fingerprint density at radius 3 is 2.04 bits per heavy atom. The van der Waals surface area contributed by atoms with Crippen molar-refractivity contribution in [3.05, 3.63) is 41.4 Å².